The molecule has 0 aliphatic carbocycles. The molecule has 2 N–H and O–H groups in total. The first-order chi connectivity index (χ1) is 9.21. The molecule has 0 aliphatic heterocycles. The fourth-order valence-corrected chi connectivity index (χ4v) is 1.73. The Labute approximate surface area is 114 Å². The van der Waals surface area contributed by atoms with Crippen molar-refractivity contribution >= 4 is 5.91 Å². The first-order valence-electron chi connectivity index (χ1n) is 6.85. The van der Waals surface area contributed by atoms with Crippen LogP contribution >= 0.6 is 0 Å². The van der Waals surface area contributed by atoms with Crippen LogP contribution in [0.3, 0.4) is 0 Å². The van der Waals surface area contributed by atoms with Gasteiger partial charge in [-0.05, 0) is 43.5 Å². The molecule has 1 atom stereocenters. The largest absolute Gasteiger partial charge is 0.494 e. The van der Waals surface area contributed by atoms with E-state index in [-0.39, 0.29) is 18.6 Å². The summed E-state index contributed by atoms with van der Waals surface area (Å²) in [5.74, 6) is 0.670. The number of hydrogen-bond acceptors (Lipinski definition) is 3. The number of nitrogens with one attached hydrogen (secondary N) is 1. The fourth-order valence-electron chi connectivity index (χ4n) is 1.73. The van der Waals surface area contributed by atoms with Gasteiger partial charge in [0.2, 0.25) is 0 Å². The lowest BCUT2D eigenvalue weighted by molar-refractivity contribution is 0.0929. The summed E-state index contributed by atoms with van der Waals surface area (Å²) in [4.78, 5) is 12.0. The molecule has 0 fully saturated rings. The average Bonchev–Trinajstić information content (AvgIpc) is 2.45. The Morgan fingerprint density at radius 1 is 1.32 bits per heavy atom. The summed E-state index contributed by atoms with van der Waals surface area (Å²) in [7, 11) is 0. The minimum absolute atomic E-state index is 0.0218. The number of amides is 1. The van der Waals surface area contributed by atoms with Crippen LogP contribution in [0.25, 0.3) is 0 Å². The van der Waals surface area contributed by atoms with Crippen LogP contribution in [-0.2, 0) is 0 Å². The molecule has 1 aromatic carbocycles. The third-order valence-electron chi connectivity index (χ3n) is 2.89. The summed E-state index contributed by atoms with van der Waals surface area (Å²) >= 11 is 0. The molecule has 1 amide bonds. The van der Waals surface area contributed by atoms with Crippen LogP contribution in [-0.4, -0.2) is 30.3 Å². The van der Waals surface area contributed by atoms with Gasteiger partial charge in [-0.15, -0.1) is 0 Å². The van der Waals surface area contributed by atoms with E-state index in [1.54, 1.807) is 24.3 Å². The Bertz CT molecular complexity index is 375. The molecule has 1 rings (SSSR count). The number of rotatable bonds is 8. The van der Waals surface area contributed by atoms with E-state index in [1.165, 1.54) is 0 Å². The maximum Gasteiger partial charge on any atom is 0.251 e. The van der Waals surface area contributed by atoms with Crippen molar-refractivity contribution in [2.45, 2.75) is 39.2 Å². The summed E-state index contributed by atoms with van der Waals surface area (Å²) in [6.07, 6.45) is 2.35. The van der Waals surface area contributed by atoms with Gasteiger partial charge < -0.3 is 15.2 Å². The molecule has 0 saturated carbocycles. The Hall–Kier alpha value is -1.55. The number of benzene rings is 1. The van der Waals surface area contributed by atoms with Crippen molar-refractivity contribution in [3.63, 3.8) is 0 Å². The van der Waals surface area contributed by atoms with E-state index >= 15 is 0 Å². The molecule has 0 bridgehead atoms. The second-order valence-electron chi connectivity index (χ2n) is 4.46. The quantitative estimate of drug-likeness (QED) is 0.758. The smallest absolute Gasteiger partial charge is 0.251 e. The van der Waals surface area contributed by atoms with Crippen LogP contribution in [0.5, 0.6) is 5.75 Å². The van der Waals surface area contributed by atoms with Crippen molar-refractivity contribution in [2.24, 2.45) is 0 Å². The molecule has 0 spiro atoms. The number of aliphatic hydroxyl groups excluding tert-OH is 1. The van der Waals surface area contributed by atoms with Gasteiger partial charge in [0.1, 0.15) is 5.75 Å². The molecular weight excluding hydrogens is 242 g/mol. The molecule has 4 heteroatoms. The van der Waals surface area contributed by atoms with Crippen LogP contribution in [0.1, 0.15) is 43.5 Å². The highest BCUT2D eigenvalue weighted by atomic mass is 16.5. The fraction of sp³-hybridized carbons (Fsp3) is 0.533. The van der Waals surface area contributed by atoms with Crippen LogP contribution in [0, 0.1) is 0 Å². The summed E-state index contributed by atoms with van der Waals surface area (Å²) in [5.41, 5.74) is 0.611. The lowest BCUT2D eigenvalue weighted by Crippen LogP contribution is -2.35. The molecular formula is C15H23NO3. The third-order valence-corrected chi connectivity index (χ3v) is 2.89. The topological polar surface area (TPSA) is 58.6 Å². The van der Waals surface area contributed by atoms with Crippen molar-refractivity contribution in [3.05, 3.63) is 29.8 Å². The number of aliphatic hydroxyl groups is 1. The minimum atomic E-state index is -0.109. The Morgan fingerprint density at radius 3 is 2.53 bits per heavy atom. The summed E-state index contributed by atoms with van der Waals surface area (Å²) in [6.45, 7) is 4.80. The zero-order chi connectivity index (χ0) is 14.1. The molecule has 0 heterocycles. The zero-order valence-corrected chi connectivity index (χ0v) is 11.7. The van der Waals surface area contributed by atoms with Gasteiger partial charge in [0, 0.05) is 18.2 Å². The summed E-state index contributed by atoms with van der Waals surface area (Å²) < 4.78 is 5.47. The van der Waals surface area contributed by atoms with E-state index in [2.05, 4.69) is 5.32 Å². The highest BCUT2D eigenvalue weighted by Gasteiger charge is 2.11. The summed E-state index contributed by atoms with van der Waals surface area (Å²) in [5, 5.41) is 11.8. The van der Waals surface area contributed by atoms with Gasteiger partial charge in [-0.1, -0.05) is 13.8 Å². The third kappa shape index (κ3) is 5.30. The Kier molecular flexibility index (Phi) is 6.97. The minimum Gasteiger partial charge on any atom is -0.494 e. The molecule has 4 nitrogen and oxygen atoms in total. The second kappa shape index (κ2) is 8.53. The van der Waals surface area contributed by atoms with Gasteiger partial charge in [0.05, 0.1) is 6.61 Å². The van der Waals surface area contributed by atoms with Crippen molar-refractivity contribution in [1.82, 2.24) is 5.32 Å². The molecule has 0 radical (unpaired) electrons. The first kappa shape index (κ1) is 15.5. The normalized spacial score (nSPS) is 11.9. The molecule has 0 saturated heterocycles. The molecule has 1 unspecified atom stereocenters. The highest BCUT2D eigenvalue weighted by Crippen LogP contribution is 2.13. The number of carbonyl (C=O) groups is 1. The van der Waals surface area contributed by atoms with Crippen LogP contribution in [0.4, 0.5) is 0 Å². The van der Waals surface area contributed by atoms with Gasteiger partial charge in [0.25, 0.3) is 5.91 Å². The first-order valence-corrected chi connectivity index (χ1v) is 6.85. The van der Waals surface area contributed by atoms with E-state index in [4.69, 9.17) is 9.84 Å². The van der Waals surface area contributed by atoms with Crippen LogP contribution in [0.15, 0.2) is 24.3 Å². The lowest BCUT2D eigenvalue weighted by Gasteiger charge is -2.15. The van der Waals surface area contributed by atoms with Gasteiger partial charge in [-0.2, -0.15) is 0 Å². The molecule has 19 heavy (non-hydrogen) atoms. The molecule has 0 aromatic heterocycles. The zero-order valence-electron chi connectivity index (χ0n) is 11.7. The van der Waals surface area contributed by atoms with E-state index in [9.17, 15) is 4.79 Å². The highest BCUT2D eigenvalue weighted by molar-refractivity contribution is 5.94. The van der Waals surface area contributed by atoms with Crippen molar-refractivity contribution < 1.29 is 14.6 Å². The SMILES string of the molecule is CCCOc1ccc(C(=O)NC(CC)CCO)cc1. The second-order valence-corrected chi connectivity index (χ2v) is 4.46. The van der Waals surface area contributed by atoms with E-state index < -0.39 is 0 Å². The Morgan fingerprint density at radius 2 is 2.00 bits per heavy atom. The van der Waals surface area contributed by atoms with Gasteiger partial charge in [-0.25, -0.2) is 0 Å². The lowest BCUT2D eigenvalue weighted by atomic mass is 10.1. The van der Waals surface area contributed by atoms with Gasteiger partial charge in [-0.3, -0.25) is 4.79 Å². The predicted octanol–water partition coefficient (Wildman–Crippen LogP) is 2.37. The maximum absolute atomic E-state index is 12.0. The summed E-state index contributed by atoms with van der Waals surface area (Å²) in [6, 6.07) is 7.14. The van der Waals surface area contributed by atoms with Crippen molar-refractivity contribution in [1.29, 1.82) is 0 Å². The number of hydrogen-bond donors (Lipinski definition) is 2. The number of ether oxygens (including phenoxy) is 1. The molecule has 0 aliphatic rings. The van der Waals surface area contributed by atoms with Crippen LogP contribution in [0.2, 0.25) is 0 Å². The van der Waals surface area contributed by atoms with E-state index in [0.29, 0.717) is 18.6 Å². The van der Waals surface area contributed by atoms with E-state index in [1.807, 2.05) is 13.8 Å². The predicted molar refractivity (Wildman–Crippen MR) is 75.5 cm³/mol. The average molecular weight is 265 g/mol. The number of carbonyl (C=O) groups excluding carboxylic acids is 1. The van der Waals surface area contributed by atoms with Crippen molar-refractivity contribution in [2.75, 3.05) is 13.2 Å². The molecule has 1 aromatic rings. The van der Waals surface area contributed by atoms with Crippen LogP contribution < -0.4 is 10.1 Å². The Balaban J connectivity index is 2.56. The maximum atomic E-state index is 12.0. The molecule has 106 valence electrons. The van der Waals surface area contributed by atoms with Gasteiger partial charge >= 0.3 is 0 Å². The van der Waals surface area contributed by atoms with Crippen molar-refractivity contribution in [3.8, 4) is 5.75 Å². The van der Waals surface area contributed by atoms with Gasteiger partial charge in [0.15, 0.2) is 0 Å². The monoisotopic (exact) mass is 265 g/mol. The van der Waals surface area contributed by atoms with E-state index in [0.717, 1.165) is 18.6 Å². The standard InChI is InChI=1S/C15H23NO3/c1-3-11-19-14-7-5-12(6-8-14)15(18)16-13(4-2)9-10-17/h5-8,13,17H,3-4,9-11H2,1-2H3,(H,16,18).